The van der Waals surface area contributed by atoms with E-state index in [0.29, 0.717) is 43.2 Å². The van der Waals surface area contributed by atoms with Gasteiger partial charge in [-0.05, 0) is 88.1 Å². The smallest absolute Gasteiger partial charge is 0.329 e. The molecule has 19 heteroatoms. The molecule has 5 heterocycles. The Labute approximate surface area is 344 Å². The van der Waals surface area contributed by atoms with E-state index in [1.165, 1.54) is 40.7 Å². The maximum atomic E-state index is 14.7. The summed E-state index contributed by atoms with van der Waals surface area (Å²) in [5, 5.41) is 10.5. The highest BCUT2D eigenvalue weighted by Gasteiger charge is 2.47. The number of carbonyl (C=O) groups is 7. The molecule has 4 saturated heterocycles. The van der Waals surface area contributed by atoms with Crippen LogP contribution < -0.4 is 30.7 Å². The molecule has 17 nitrogen and oxygen atoms in total. The van der Waals surface area contributed by atoms with Gasteiger partial charge in [0.1, 0.15) is 54.0 Å². The predicted molar refractivity (Wildman–Crippen MR) is 207 cm³/mol. The van der Waals surface area contributed by atoms with Crippen LogP contribution in [0, 0.1) is 17.6 Å². The molecule has 5 aliphatic heterocycles. The Hall–Kier alpha value is -6.01. The average Bonchev–Trinajstić information content (AvgIpc) is 3.98. The largest absolute Gasteiger partial charge is 0.458 e. The Kier molecular flexibility index (Phi) is 12.4. The second-order valence-electron chi connectivity index (χ2n) is 16.1. The van der Waals surface area contributed by atoms with Gasteiger partial charge in [-0.2, -0.15) is 0 Å². The molecule has 0 radical (unpaired) electrons. The normalized spacial score (nSPS) is 27.6. The van der Waals surface area contributed by atoms with Crippen LogP contribution in [-0.4, -0.2) is 125 Å². The molecule has 5 aliphatic rings. The van der Waals surface area contributed by atoms with Crippen molar-refractivity contribution in [2.75, 3.05) is 31.7 Å². The number of ether oxygens (including phenoxy) is 3. The molecular formula is C41H49F2N7O10. The number of fused-ring (bicyclic) bond motifs is 4. The number of nitrogens with one attached hydrogen (secondary N) is 4. The summed E-state index contributed by atoms with van der Waals surface area (Å²) < 4.78 is 45.3. The van der Waals surface area contributed by atoms with Crippen molar-refractivity contribution in [2.24, 2.45) is 5.92 Å². The van der Waals surface area contributed by atoms with Crippen LogP contribution in [-0.2, 0) is 39.9 Å². The van der Waals surface area contributed by atoms with E-state index in [0.717, 1.165) is 12.1 Å². The van der Waals surface area contributed by atoms with E-state index in [-0.39, 0.29) is 56.4 Å². The fourth-order valence-electron chi connectivity index (χ4n) is 8.70. The van der Waals surface area contributed by atoms with Crippen molar-refractivity contribution in [1.82, 2.24) is 30.7 Å². The van der Waals surface area contributed by atoms with Gasteiger partial charge in [0.15, 0.2) is 11.5 Å². The van der Waals surface area contributed by atoms with Crippen LogP contribution in [0.2, 0.25) is 0 Å². The second-order valence-corrected chi connectivity index (χ2v) is 16.1. The first-order chi connectivity index (χ1) is 28.7. The van der Waals surface area contributed by atoms with E-state index >= 15 is 0 Å². The van der Waals surface area contributed by atoms with E-state index in [1.807, 2.05) is 6.92 Å². The van der Waals surface area contributed by atoms with Gasteiger partial charge < -0.3 is 50.2 Å². The number of hydrogen-bond acceptors (Lipinski definition) is 10. The summed E-state index contributed by atoms with van der Waals surface area (Å²) in [5.74, 6) is -5.26. The number of benzene rings is 2. The first kappa shape index (κ1) is 42.1. The minimum atomic E-state index is -1.64. The van der Waals surface area contributed by atoms with Crippen LogP contribution in [0.3, 0.4) is 0 Å². The molecule has 60 heavy (non-hydrogen) atoms. The van der Waals surface area contributed by atoms with Crippen molar-refractivity contribution in [3.8, 4) is 11.5 Å². The third-order valence-electron chi connectivity index (χ3n) is 11.7. The molecule has 0 aliphatic carbocycles. The van der Waals surface area contributed by atoms with Gasteiger partial charge in [0.2, 0.25) is 36.3 Å². The summed E-state index contributed by atoms with van der Waals surface area (Å²) in [4.78, 5) is 102. The molecule has 4 N–H and O–H groups in total. The van der Waals surface area contributed by atoms with Crippen LogP contribution in [0.5, 0.6) is 11.5 Å². The molecule has 8 unspecified atom stereocenters. The molecule has 0 aromatic heterocycles. The standard InChI is InChI=1S/C41H49F2N7O10/c1-21-13-31-40(56)60-23(3)34(39(55)49-12-6-8-30(49)38(54)48-11-5-4-7-29(48)36(52)44-22(2)37(53)50(31)19-21)47-35(51)28(16-24-14-25(42)17-26(43)15-24)46-41(57)45-27-9-10-32-33(18-27)59-20-58-32/h9-10,14-15,17-18,21-23,28-31,34H,4-8,11-13,16,19-20H2,1-3H3,(H,44,52)(H,47,51)(H2,45,46,57). The average molecular weight is 838 g/mol. The predicted octanol–water partition coefficient (Wildman–Crippen LogP) is 1.97. The Bertz CT molecular complexity index is 2040. The fraction of sp³-hybridized carbons (Fsp3) is 0.537. The number of nitrogens with zero attached hydrogens (tertiary/aromatic N) is 3. The topological polar surface area (TPSA) is 205 Å². The second kappa shape index (κ2) is 17.7. The Morgan fingerprint density at radius 3 is 2.28 bits per heavy atom. The molecule has 2 aromatic carbocycles. The summed E-state index contributed by atoms with van der Waals surface area (Å²) in [6.07, 6.45) is 0.694. The quantitative estimate of drug-likeness (QED) is 0.312. The number of piperidine rings is 1. The van der Waals surface area contributed by atoms with Crippen molar-refractivity contribution in [3.05, 3.63) is 53.6 Å². The van der Waals surface area contributed by atoms with E-state index in [9.17, 15) is 42.3 Å². The number of anilines is 1. The van der Waals surface area contributed by atoms with Gasteiger partial charge in [0.25, 0.3) is 0 Å². The number of halogens is 2. The van der Waals surface area contributed by atoms with Gasteiger partial charge in [0, 0.05) is 43.9 Å². The third-order valence-corrected chi connectivity index (χ3v) is 11.7. The van der Waals surface area contributed by atoms with Crippen LogP contribution in [0.15, 0.2) is 36.4 Å². The van der Waals surface area contributed by atoms with Gasteiger partial charge in [0.05, 0.1) is 0 Å². The van der Waals surface area contributed by atoms with E-state index in [4.69, 9.17) is 14.2 Å². The minimum Gasteiger partial charge on any atom is -0.458 e. The molecule has 8 atom stereocenters. The molecule has 322 valence electrons. The van der Waals surface area contributed by atoms with Gasteiger partial charge in [-0.1, -0.05) is 6.92 Å². The van der Waals surface area contributed by atoms with Crippen molar-refractivity contribution in [1.29, 1.82) is 0 Å². The lowest BCUT2D eigenvalue weighted by Gasteiger charge is -2.39. The first-order valence-corrected chi connectivity index (χ1v) is 20.3. The van der Waals surface area contributed by atoms with Crippen LogP contribution >= 0.6 is 0 Å². The number of cyclic esters (lactones) is 1. The summed E-state index contributed by atoms with van der Waals surface area (Å²) in [7, 11) is 0. The highest BCUT2D eigenvalue weighted by molar-refractivity contribution is 5.99. The number of urea groups is 1. The Morgan fingerprint density at radius 2 is 1.52 bits per heavy atom. The summed E-state index contributed by atoms with van der Waals surface area (Å²) in [6.45, 7) is 5.30. The molecule has 0 bridgehead atoms. The van der Waals surface area contributed by atoms with Gasteiger partial charge in [-0.15, -0.1) is 0 Å². The molecule has 0 saturated carbocycles. The zero-order valence-electron chi connectivity index (χ0n) is 33.5. The van der Waals surface area contributed by atoms with Crippen molar-refractivity contribution >= 4 is 47.2 Å². The zero-order chi connectivity index (χ0) is 42.8. The number of hydrogen-bond donors (Lipinski definition) is 4. The number of carbonyl (C=O) groups excluding carboxylic acids is 7. The van der Waals surface area contributed by atoms with Crippen molar-refractivity contribution < 1.29 is 56.6 Å². The van der Waals surface area contributed by atoms with Crippen LogP contribution in [0.4, 0.5) is 19.3 Å². The van der Waals surface area contributed by atoms with Crippen molar-refractivity contribution in [2.45, 2.75) is 108 Å². The summed E-state index contributed by atoms with van der Waals surface area (Å²) >= 11 is 0. The molecule has 2 aromatic rings. The fourth-order valence-corrected chi connectivity index (χ4v) is 8.70. The summed E-state index contributed by atoms with van der Waals surface area (Å²) in [6, 6.07) is -0.888. The molecule has 4 fully saturated rings. The van der Waals surface area contributed by atoms with Gasteiger partial charge in [-0.3, -0.25) is 24.0 Å². The highest BCUT2D eigenvalue weighted by Crippen LogP contribution is 2.34. The van der Waals surface area contributed by atoms with E-state index in [1.54, 1.807) is 6.07 Å². The number of rotatable bonds is 6. The third kappa shape index (κ3) is 9.08. The van der Waals surface area contributed by atoms with Gasteiger partial charge in [-0.25, -0.2) is 18.4 Å². The van der Waals surface area contributed by atoms with E-state index in [2.05, 4.69) is 21.3 Å². The van der Waals surface area contributed by atoms with Crippen LogP contribution in [0.25, 0.3) is 0 Å². The Morgan fingerprint density at radius 1 is 0.817 bits per heavy atom. The molecule has 0 spiro atoms. The van der Waals surface area contributed by atoms with Crippen molar-refractivity contribution in [3.63, 3.8) is 0 Å². The highest BCUT2D eigenvalue weighted by atomic mass is 19.1. The maximum Gasteiger partial charge on any atom is 0.329 e. The zero-order valence-corrected chi connectivity index (χ0v) is 33.5. The lowest BCUT2D eigenvalue weighted by molar-refractivity contribution is -0.163. The number of amides is 7. The monoisotopic (exact) mass is 837 g/mol. The molecular weight excluding hydrogens is 788 g/mol. The lowest BCUT2D eigenvalue weighted by Crippen LogP contribution is -2.63. The number of esters is 1. The Balaban J connectivity index is 1.20. The lowest BCUT2D eigenvalue weighted by atomic mass is 9.99. The van der Waals surface area contributed by atoms with E-state index < -0.39 is 102 Å². The van der Waals surface area contributed by atoms with Gasteiger partial charge >= 0.3 is 12.0 Å². The molecule has 7 amide bonds. The summed E-state index contributed by atoms with van der Waals surface area (Å²) in [5.41, 5.74) is 0.266. The minimum absolute atomic E-state index is 0.000473. The maximum absolute atomic E-state index is 14.7. The van der Waals surface area contributed by atoms with Crippen LogP contribution in [0.1, 0.15) is 64.9 Å². The first-order valence-electron chi connectivity index (χ1n) is 20.3. The SMILES string of the molecule is CC1CC2C(=O)OC(C)C(NC(=O)C(Cc3cc(F)cc(F)c3)NC(=O)Nc3ccc4c(c3)OCO4)C(=O)N3CCCC3C(=O)N3CCCCC3C(=O)NC(C)C(=O)N2C1. The molecule has 7 rings (SSSR count).